The lowest BCUT2D eigenvalue weighted by molar-refractivity contribution is 0.417. The van der Waals surface area contributed by atoms with E-state index in [2.05, 4.69) is 16.4 Å². The fourth-order valence-electron chi connectivity index (χ4n) is 1.84. The van der Waals surface area contributed by atoms with Gasteiger partial charge in [0.1, 0.15) is 5.75 Å². The van der Waals surface area contributed by atoms with Gasteiger partial charge < -0.3 is 15.8 Å². The third-order valence-electron chi connectivity index (χ3n) is 2.86. The van der Waals surface area contributed by atoms with Gasteiger partial charge in [-0.2, -0.15) is 5.26 Å². The zero-order valence-corrected chi connectivity index (χ0v) is 14.4. The smallest absolute Gasteiger partial charge is 0.193 e. The molecule has 0 aliphatic carbocycles. The molecule has 3 N–H and O–H groups in total. The van der Waals surface area contributed by atoms with E-state index in [1.54, 1.807) is 19.2 Å². The number of benzene rings is 2. The van der Waals surface area contributed by atoms with Gasteiger partial charge in [-0.15, -0.1) is 24.0 Å². The molecule has 0 heterocycles. The van der Waals surface area contributed by atoms with Crippen LogP contribution in [-0.4, -0.2) is 13.1 Å². The summed E-state index contributed by atoms with van der Waals surface area (Å²) in [5.41, 5.74) is 8.16. The number of hydrogen-bond donors (Lipinski definition) is 2. The second kappa shape index (κ2) is 8.89. The molecule has 2 aromatic carbocycles. The lowest BCUT2D eigenvalue weighted by Gasteiger charge is -2.10. The van der Waals surface area contributed by atoms with Crippen molar-refractivity contribution in [1.82, 2.24) is 0 Å². The molecule has 0 aliphatic heterocycles. The molecule has 0 aliphatic rings. The van der Waals surface area contributed by atoms with E-state index in [-0.39, 0.29) is 24.0 Å². The number of ether oxygens (including phenoxy) is 1. The van der Waals surface area contributed by atoms with Gasteiger partial charge in [0.25, 0.3) is 0 Å². The number of nitriles is 1. The maximum Gasteiger partial charge on any atom is 0.193 e. The van der Waals surface area contributed by atoms with E-state index in [9.17, 15) is 0 Å². The molecule has 114 valence electrons. The quantitative estimate of drug-likeness (QED) is 0.463. The maximum atomic E-state index is 8.86. The summed E-state index contributed by atoms with van der Waals surface area (Å²) >= 11 is 0. The number of methoxy groups -OCH3 is 1. The molecule has 0 aromatic heterocycles. The van der Waals surface area contributed by atoms with Crippen molar-refractivity contribution in [1.29, 1.82) is 5.26 Å². The molecule has 5 nitrogen and oxygen atoms in total. The normalized spacial score (nSPS) is 10.3. The number of guanidine groups is 1. The molecular formula is C16H17IN4O. The summed E-state index contributed by atoms with van der Waals surface area (Å²) in [6, 6.07) is 16.8. The van der Waals surface area contributed by atoms with Gasteiger partial charge in [0.15, 0.2) is 5.96 Å². The van der Waals surface area contributed by atoms with Gasteiger partial charge in [0.2, 0.25) is 0 Å². The van der Waals surface area contributed by atoms with Crippen LogP contribution in [0, 0.1) is 11.3 Å². The molecule has 0 amide bonds. The zero-order valence-electron chi connectivity index (χ0n) is 12.1. The monoisotopic (exact) mass is 408 g/mol. The average Bonchev–Trinajstić information content (AvgIpc) is 2.53. The van der Waals surface area contributed by atoms with Crippen molar-refractivity contribution in [3.05, 3.63) is 59.7 Å². The van der Waals surface area contributed by atoms with Gasteiger partial charge in [-0.05, 0) is 29.8 Å². The molecule has 0 unspecified atom stereocenters. The predicted octanol–water partition coefficient (Wildman–Crippen LogP) is 3.11. The highest BCUT2D eigenvalue weighted by Gasteiger charge is 2.02. The first kappa shape index (κ1) is 17.8. The van der Waals surface area contributed by atoms with Gasteiger partial charge in [-0.25, -0.2) is 4.99 Å². The standard InChI is InChI=1S/C16H16N4O.HI/c1-21-15-8-3-2-7-14(15)20-16(18)19-11-13-6-4-5-12(9-13)10-17;/h2-9H,11H2,1H3,(H3,18,19,20);1H. The van der Waals surface area contributed by atoms with Crippen molar-refractivity contribution in [2.24, 2.45) is 10.7 Å². The Balaban J connectivity index is 0.00000242. The fraction of sp³-hybridized carbons (Fsp3) is 0.125. The Morgan fingerprint density at radius 3 is 2.77 bits per heavy atom. The molecule has 6 heteroatoms. The van der Waals surface area contributed by atoms with E-state index in [4.69, 9.17) is 15.7 Å². The highest BCUT2D eigenvalue weighted by Crippen LogP contribution is 2.22. The molecule has 0 atom stereocenters. The van der Waals surface area contributed by atoms with Crippen LogP contribution in [0.4, 0.5) is 5.69 Å². The van der Waals surface area contributed by atoms with Gasteiger partial charge in [0, 0.05) is 0 Å². The summed E-state index contributed by atoms with van der Waals surface area (Å²) in [5.74, 6) is 0.990. The summed E-state index contributed by atoms with van der Waals surface area (Å²) in [4.78, 5) is 4.26. The van der Waals surface area contributed by atoms with Crippen molar-refractivity contribution < 1.29 is 4.74 Å². The molecule has 0 saturated carbocycles. The molecule has 2 rings (SSSR count). The van der Waals surface area contributed by atoms with Crippen LogP contribution in [-0.2, 0) is 6.54 Å². The van der Waals surface area contributed by atoms with Gasteiger partial charge >= 0.3 is 0 Å². The minimum Gasteiger partial charge on any atom is -0.495 e. The van der Waals surface area contributed by atoms with Crippen molar-refractivity contribution in [2.75, 3.05) is 12.4 Å². The van der Waals surface area contributed by atoms with E-state index in [0.29, 0.717) is 23.8 Å². The Hall–Kier alpha value is -2.27. The number of rotatable bonds is 4. The molecule has 0 radical (unpaired) electrons. The third-order valence-corrected chi connectivity index (χ3v) is 2.86. The third kappa shape index (κ3) is 4.93. The largest absolute Gasteiger partial charge is 0.495 e. The molecule has 0 fully saturated rings. The van der Waals surface area contributed by atoms with Crippen molar-refractivity contribution in [3.8, 4) is 11.8 Å². The molecule has 0 spiro atoms. The minimum atomic E-state index is 0. The van der Waals surface area contributed by atoms with Crippen LogP contribution in [0.5, 0.6) is 5.75 Å². The van der Waals surface area contributed by atoms with Gasteiger partial charge in [0.05, 0.1) is 31.0 Å². The van der Waals surface area contributed by atoms with Gasteiger partial charge in [-0.3, -0.25) is 0 Å². The summed E-state index contributed by atoms with van der Waals surface area (Å²) in [7, 11) is 1.60. The van der Waals surface area contributed by atoms with E-state index in [1.165, 1.54) is 0 Å². The average molecular weight is 408 g/mol. The van der Waals surface area contributed by atoms with Crippen LogP contribution in [0.25, 0.3) is 0 Å². The van der Waals surface area contributed by atoms with Crippen LogP contribution in [0.3, 0.4) is 0 Å². The molecule has 0 saturated heterocycles. The number of nitrogens with two attached hydrogens (primary N) is 1. The number of nitrogens with one attached hydrogen (secondary N) is 1. The first-order chi connectivity index (χ1) is 10.2. The Labute approximate surface area is 146 Å². The van der Waals surface area contributed by atoms with Crippen molar-refractivity contribution in [2.45, 2.75) is 6.54 Å². The summed E-state index contributed by atoms with van der Waals surface area (Å²) in [5, 5.41) is 11.9. The first-order valence-corrected chi connectivity index (χ1v) is 6.42. The van der Waals surface area contributed by atoms with E-state index in [1.807, 2.05) is 36.4 Å². The van der Waals surface area contributed by atoms with E-state index < -0.39 is 0 Å². The molecule has 22 heavy (non-hydrogen) atoms. The highest BCUT2D eigenvalue weighted by molar-refractivity contribution is 14.0. The molecule has 0 bridgehead atoms. The first-order valence-electron chi connectivity index (χ1n) is 6.42. The van der Waals surface area contributed by atoms with Gasteiger partial charge in [-0.1, -0.05) is 24.3 Å². The van der Waals surface area contributed by atoms with Crippen LogP contribution < -0.4 is 15.8 Å². The second-order valence-corrected chi connectivity index (χ2v) is 4.34. The summed E-state index contributed by atoms with van der Waals surface area (Å²) in [6.07, 6.45) is 0. The minimum absolute atomic E-state index is 0. The number of para-hydroxylation sites is 2. The topological polar surface area (TPSA) is 83.4 Å². The second-order valence-electron chi connectivity index (χ2n) is 4.34. The van der Waals surface area contributed by atoms with Crippen molar-refractivity contribution >= 4 is 35.6 Å². The van der Waals surface area contributed by atoms with Crippen LogP contribution in [0.1, 0.15) is 11.1 Å². The highest BCUT2D eigenvalue weighted by atomic mass is 127. The summed E-state index contributed by atoms with van der Waals surface area (Å²) in [6.45, 7) is 0.406. The van der Waals surface area contributed by atoms with Crippen LogP contribution in [0.15, 0.2) is 53.5 Å². The Bertz CT molecular complexity index is 695. The summed E-state index contributed by atoms with van der Waals surface area (Å²) < 4.78 is 5.23. The number of aliphatic imine (C=N–C) groups is 1. The number of anilines is 1. The Morgan fingerprint density at radius 1 is 1.27 bits per heavy atom. The SMILES string of the molecule is COc1ccccc1NC(N)=NCc1cccc(C#N)c1.I. The fourth-order valence-corrected chi connectivity index (χ4v) is 1.84. The number of hydrogen-bond acceptors (Lipinski definition) is 3. The van der Waals surface area contributed by atoms with Crippen LogP contribution in [0.2, 0.25) is 0 Å². The Morgan fingerprint density at radius 2 is 2.05 bits per heavy atom. The lowest BCUT2D eigenvalue weighted by Crippen LogP contribution is -2.22. The van der Waals surface area contributed by atoms with E-state index in [0.717, 1.165) is 11.3 Å². The zero-order chi connectivity index (χ0) is 15.1. The van der Waals surface area contributed by atoms with Crippen molar-refractivity contribution in [3.63, 3.8) is 0 Å². The Kier molecular flexibility index (Phi) is 7.19. The maximum absolute atomic E-state index is 8.86. The number of nitrogens with zero attached hydrogens (tertiary/aromatic N) is 2. The van der Waals surface area contributed by atoms with Crippen LogP contribution >= 0.6 is 24.0 Å². The van der Waals surface area contributed by atoms with E-state index >= 15 is 0 Å². The molecular weight excluding hydrogens is 391 g/mol. The predicted molar refractivity (Wildman–Crippen MR) is 98.5 cm³/mol. The molecule has 2 aromatic rings. The lowest BCUT2D eigenvalue weighted by atomic mass is 10.1. The number of halogens is 1.